The molecule has 2 heterocycles. The summed E-state index contributed by atoms with van der Waals surface area (Å²) in [5, 5.41) is 4.50. The fourth-order valence-corrected chi connectivity index (χ4v) is 3.18. The second kappa shape index (κ2) is 6.61. The maximum absolute atomic E-state index is 6.13. The first kappa shape index (κ1) is 15.4. The van der Waals surface area contributed by atoms with E-state index in [4.69, 9.17) is 16.6 Å². The molecule has 0 fully saturated rings. The van der Waals surface area contributed by atoms with Gasteiger partial charge >= 0.3 is 0 Å². The highest BCUT2D eigenvalue weighted by atomic mass is 35.5. The average Bonchev–Trinajstić information content (AvgIpc) is 2.94. The zero-order chi connectivity index (χ0) is 14.7. The van der Waals surface area contributed by atoms with E-state index in [1.54, 1.807) is 0 Å². The van der Waals surface area contributed by atoms with Gasteiger partial charge in [-0.2, -0.15) is 5.10 Å². The number of hydrogen-bond donors (Lipinski definition) is 0. The number of aryl methyl sites for hydroxylation is 2. The van der Waals surface area contributed by atoms with Gasteiger partial charge in [-0.15, -0.1) is 11.6 Å². The summed E-state index contributed by atoms with van der Waals surface area (Å²) in [5.41, 5.74) is 3.10. The highest BCUT2D eigenvalue weighted by Crippen LogP contribution is 2.29. The van der Waals surface area contributed by atoms with Gasteiger partial charge in [0.05, 0.1) is 11.6 Å². The summed E-state index contributed by atoms with van der Waals surface area (Å²) in [6.07, 6.45) is 5.98. The zero-order valence-electron chi connectivity index (χ0n) is 13.0. The van der Waals surface area contributed by atoms with Crippen LogP contribution in [0.15, 0.2) is 0 Å². The summed E-state index contributed by atoms with van der Waals surface area (Å²) in [4.78, 5) is 4.71. The van der Waals surface area contributed by atoms with Gasteiger partial charge in [0.1, 0.15) is 11.3 Å². The van der Waals surface area contributed by atoms with E-state index in [1.807, 2.05) is 18.7 Å². The number of aromatic nitrogens is 4. The average molecular weight is 297 g/mol. The van der Waals surface area contributed by atoms with E-state index >= 15 is 0 Å². The lowest BCUT2D eigenvalue weighted by Gasteiger charge is -2.20. The number of imidazole rings is 1. The van der Waals surface area contributed by atoms with Gasteiger partial charge in [0, 0.05) is 13.1 Å². The summed E-state index contributed by atoms with van der Waals surface area (Å²) >= 11 is 6.13. The first-order valence-electron chi connectivity index (χ1n) is 7.60. The van der Waals surface area contributed by atoms with Gasteiger partial charge in [-0.05, 0) is 19.8 Å². The quantitative estimate of drug-likeness (QED) is 0.712. The molecule has 112 valence electrons. The predicted molar refractivity (Wildman–Crippen MR) is 84.3 cm³/mol. The first-order valence-corrected chi connectivity index (χ1v) is 8.13. The van der Waals surface area contributed by atoms with Crippen LogP contribution in [0.4, 0.5) is 0 Å². The molecule has 0 aliphatic carbocycles. The van der Waals surface area contributed by atoms with Crippen LogP contribution in [-0.2, 0) is 12.9 Å². The zero-order valence-corrected chi connectivity index (χ0v) is 13.7. The molecule has 0 amide bonds. The minimum atomic E-state index is 0.459. The Morgan fingerprint density at radius 1 is 1.20 bits per heavy atom. The molecule has 0 saturated heterocycles. The van der Waals surface area contributed by atoms with Gasteiger partial charge in [0.2, 0.25) is 0 Å². The molecule has 0 aromatic carbocycles. The van der Waals surface area contributed by atoms with E-state index in [0.29, 0.717) is 11.9 Å². The Balaban J connectivity index is 2.52. The fourth-order valence-electron chi connectivity index (χ4n) is 2.99. The van der Waals surface area contributed by atoms with Crippen molar-refractivity contribution in [2.24, 2.45) is 7.05 Å². The monoisotopic (exact) mass is 296 g/mol. The van der Waals surface area contributed by atoms with E-state index in [-0.39, 0.29) is 0 Å². The van der Waals surface area contributed by atoms with Crippen LogP contribution in [0.2, 0.25) is 0 Å². The van der Waals surface area contributed by atoms with Gasteiger partial charge in [0.15, 0.2) is 5.65 Å². The SMILES string of the molecule is CCCCC(CCC)n1c(CCl)nc2c(C)nn(C)c21. The van der Waals surface area contributed by atoms with Crippen LogP contribution in [0.3, 0.4) is 0 Å². The molecule has 0 aliphatic heterocycles. The largest absolute Gasteiger partial charge is 0.309 e. The molecule has 2 aromatic rings. The van der Waals surface area contributed by atoms with Crippen molar-refractivity contribution in [1.29, 1.82) is 0 Å². The van der Waals surface area contributed by atoms with Crippen molar-refractivity contribution in [1.82, 2.24) is 19.3 Å². The topological polar surface area (TPSA) is 35.6 Å². The van der Waals surface area contributed by atoms with Crippen molar-refractivity contribution in [2.75, 3.05) is 0 Å². The summed E-state index contributed by atoms with van der Waals surface area (Å²) in [6, 6.07) is 0.480. The predicted octanol–water partition coefficient (Wildman–Crippen LogP) is 4.35. The Morgan fingerprint density at radius 3 is 2.55 bits per heavy atom. The molecule has 0 aliphatic rings. The number of fused-ring (bicyclic) bond motifs is 1. The summed E-state index contributed by atoms with van der Waals surface area (Å²) < 4.78 is 4.28. The third-order valence-corrected chi connectivity index (χ3v) is 4.14. The molecule has 1 unspecified atom stereocenters. The van der Waals surface area contributed by atoms with E-state index in [9.17, 15) is 0 Å². The molecular weight excluding hydrogens is 272 g/mol. The summed E-state index contributed by atoms with van der Waals surface area (Å²) in [7, 11) is 1.99. The van der Waals surface area contributed by atoms with Crippen molar-refractivity contribution >= 4 is 22.8 Å². The van der Waals surface area contributed by atoms with Crippen molar-refractivity contribution < 1.29 is 0 Å². The molecule has 2 rings (SSSR count). The van der Waals surface area contributed by atoms with Crippen LogP contribution in [0.1, 0.15) is 63.5 Å². The summed E-state index contributed by atoms with van der Waals surface area (Å²) in [6.45, 7) is 6.49. The summed E-state index contributed by atoms with van der Waals surface area (Å²) in [5.74, 6) is 1.44. The van der Waals surface area contributed by atoms with E-state index in [2.05, 4.69) is 23.5 Å². The lowest BCUT2D eigenvalue weighted by Crippen LogP contribution is -2.14. The number of unbranched alkanes of at least 4 members (excludes halogenated alkanes) is 1. The Labute approximate surface area is 126 Å². The molecule has 20 heavy (non-hydrogen) atoms. The van der Waals surface area contributed by atoms with Crippen molar-refractivity contribution in [3.63, 3.8) is 0 Å². The smallest absolute Gasteiger partial charge is 0.158 e. The second-order valence-electron chi connectivity index (χ2n) is 5.50. The van der Waals surface area contributed by atoms with Crippen LogP contribution in [-0.4, -0.2) is 19.3 Å². The molecule has 0 radical (unpaired) electrons. The highest BCUT2D eigenvalue weighted by molar-refractivity contribution is 6.16. The normalized spacial score (nSPS) is 13.2. The molecule has 2 aromatic heterocycles. The highest BCUT2D eigenvalue weighted by Gasteiger charge is 2.22. The molecule has 0 bridgehead atoms. The molecule has 5 heteroatoms. The number of rotatable bonds is 7. The minimum Gasteiger partial charge on any atom is -0.309 e. The van der Waals surface area contributed by atoms with Crippen LogP contribution < -0.4 is 0 Å². The van der Waals surface area contributed by atoms with E-state index in [1.165, 1.54) is 32.1 Å². The van der Waals surface area contributed by atoms with E-state index < -0.39 is 0 Å². The molecule has 1 atom stereocenters. The standard InChI is InChI=1S/C15H25ClN4/c1-5-7-9-12(8-6-2)20-13(10-16)17-14-11(3)18-19(4)15(14)20/h12H,5-10H2,1-4H3. The van der Waals surface area contributed by atoms with Gasteiger partial charge in [-0.1, -0.05) is 33.1 Å². The van der Waals surface area contributed by atoms with E-state index in [0.717, 1.165) is 22.7 Å². The molecule has 0 N–H and O–H groups in total. The van der Waals surface area contributed by atoms with Crippen molar-refractivity contribution in [2.45, 2.75) is 64.8 Å². The Morgan fingerprint density at radius 2 is 1.95 bits per heavy atom. The minimum absolute atomic E-state index is 0.459. The van der Waals surface area contributed by atoms with Crippen molar-refractivity contribution in [3.05, 3.63) is 11.5 Å². The Hall–Kier alpha value is -1.03. The van der Waals surface area contributed by atoms with Crippen LogP contribution in [0.5, 0.6) is 0 Å². The number of halogens is 1. The van der Waals surface area contributed by atoms with Crippen LogP contribution in [0, 0.1) is 6.92 Å². The lowest BCUT2D eigenvalue weighted by atomic mass is 10.0. The Bertz CT molecular complexity index is 570. The van der Waals surface area contributed by atoms with Crippen LogP contribution in [0.25, 0.3) is 11.2 Å². The fraction of sp³-hybridized carbons (Fsp3) is 0.733. The number of hydrogen-bond acceptors (Lipinski definition) is 2. The lowest BCUT2D eigenvalue weighted by molar-refractivity contribution is 0.412. The second-order valence-corrected chi connectivity index (χ2v) is 5.76. The molecule has 0 spiro atoms. The number of nitrogens with zero attached hydrogens (tertiary/aromatic N) is 4. The first-order chi connectivity index (χ1) is 9.63. The molecule has 0 saturated carbocycles. The molecular formula is C15H25ClN4. The van der Waals surface area contributed by atoms with Crippen LogP contribution >= 0.6 is 11.6 Å². The van der Waals surface area contributed by atoms with Gasteiger partial charge in [-0.3, -0.25) is 4.68 Å². The third-order valence-electron chi connectivity index (χ3n) is 3.91. The van der Waals surface area contributed by atoms with Gasteiger partial charge in [-0.25, -0.2) is 4.98 Å². The maximum Gasteiger partial charge on any atom is 0.158 e. The molecule has 4 nitrogen and oxygen atoms in total. The third kappa shape index (κ3) is 2.71. The maximum atomic E-state index is 6.13. The van der Waals surface area contributed by atoms with Crippen molar-refractivity contribution in [3.8, 4) is 0 Å². The Kier molecular flexibility index (Phi) is 5.08. The van der Waals surface area contributed by atoms with Gasteiger partial charge in [0.25, 0.3) is 0 Å². The number of alkyl halides is 1. The van der Waals surface area contributed by atoms with Gasteiger partial charge < -0.3 is 4.57 Å².